The van der Waals surface area contributed by atoms with Gasteiger partial charge in [0.25, 0.3) is 5.91 Å². The number of hydrogen-bond donors (Lipinski definition) is 2. The van der Waals surface area contributed by atoms with Gasteiger partial charge in [0.15, 0.2) is 5.69 Å². The summed E-state index contributed by atoms with van der Waals surface area (Å²) in [6.45, 7) is 14.1. The fourth-order valence-corrected chi connectivity index (χ4v) is 3.05. The van der Waals surface area contributed by atoms with Crippen molar-refractivity contribution in [3.8, 4) is 0 Å². The van der Waals surface area contributed by atoms with Crippen LogP contribution in [-0.4, -0.2) is 44.3 Å². The van der Waals surface area contributed by atoms with E-state index in [4.69, 9.17) is 9.31 Å². The zero-order valence-corrected chi connectivity index (χ0v) is 18.8. The Morgan fingerprint density at radius 2 is 1.80 bits per heavy atom. The van der Waals surface area contributed by atoms with E-state index in [9.17, 15) is 9.90 Å². The highest BCUT2D eigenvalue weighted by Gasteiger charge is 2.51. The van der Waals surface area contributed by atoms with E-state index in [0.29, 0.717) is 5.56 Å². The molecule has 2 heterocycles. The zero-order valence-electron chi connectivity index (χ0n) is 18.8. The van der Waals surface area contributed by atoms with Crippen molar-refractivity contribution in [3.05, 3.63) is 41.2 Å². The van der Waals surface area contributed by atoms with Gasteiger partial charge in [-0.15, -0.1) is 5.10 Å². The van der Waals surface area contributed by atoms with Gasteiger partial charge in [0, 0.05) is 6.54 Å². The largest absolute Gasteiger partial charge is 0.494 e. The average molecular weight is 414 g/mol. The predicted octanol–water partition coefficient (Wildman–Crippen LogP) is 1.75. The van der Waals surface area contributed by atoms with Crippen LogP contribution in [0.1, 0.15) is 70.1 Å². The third-order valence-corrected chi connectivity index (χ3v) is 5.78. The molecule has 1 fully saturated rings. The molecule has 1 saturated heterocycles. The van der Waals surface area contributed by atoms with Gasteiger partial charge in [-0.05, 0) is 65.1 Å². The van der Waals surface area contributed by atoms with Crippen LogP contribution in [0.15, 0.2) is 24.4 Å². The average Bonchev–Trinajstić information content (AvgIpc) is 3.22. The first-order valence-electron chi connectivity index (χ1n) is 10.1. The predicted molar refractivity (Wildman–Crippen MR) is 114 cm³/mol. The second-order valence-corrected chi connectivity index (χ2v) is 9.68. The van der Waals surface area contributed by atoms with Gasteiger partial charge in [-0.1, -0.05) is 23.4 Å². The van der Waals surface area contributed by atoms with Gasteiger partial charge < -0.3 is 19.7 Å². The first-order chi connectivity index (χ1) is 13.8. The summed E-state index contributed by atoms with van der Waals surface area (Å²) in [5.41, 5.74) is 1.49. The van der Waals surface area contributed by atoms with E-state index in [1.165, 1.54) is 0 Å². The van der Waals surface area contributed by atoms with Gasteiger partial charge in [0.05, 0.1) is 29.5 Å². The molecule has 3 rings (SSSR count). The Labute approximate surface area is 178 Å². The highest BCUT2D eigenvalue weighted by molar-refractivity contribution is 6.62. The van der Waals surface area contributed by atoms with E-state index in [2.05, 4.69) is 15.6 Å². The van der Waals surface area contributed by atoms with Crippen LogP contribution >= 0.6 is 0 Å². The molecule has 1 aliphatic heterocycles. The molecule has 2 aromatic rings. The fraction of sp³-hybridized carbons (Fsp3) is 0.571. The molecular weight excluding hydrogens is 383 g/mol. The smallest absolute Gasteiger partial charge is 0.399 e. The molecule has 0 unspecified atom stereocenters. The number of amides is 1. The van der Waals surface area contributed by atoms with Crippen molar-refractivity contribution in [2.24, 2.45) is 0 Å². The molecule has 0 aliphatic carbocycles. The van der Waals surface area contributed by atoms with Gasteiger partial charge in [-0.2, -0.15) is 0 Å². The molecule has 1 amide bonds. The zero-order chi connectivity index (χ0) is 22.3. The number of aliphatic hydroxyl groups is 1. The lowest BCUT2D eigenvalue weighted by molar-refractivity contribution is 0.00578. The van der Waals surface area contributed by atoms with E-state index in [1.54, 1.807) is 10.9 Å². The minimum absolute atomic E-state index is 0.154. The van der Waals surface area contributed by atoms with Crippen LogP contribution in [0.25, 0.3) is 0 Å². The number of carbonyl (C=O) groups excluding carboxylic acids is 1. The van der Waals surface area contributed by atoms with Crippen molar-refractivity contribution in [2.75, 3.05) is 0 Å². The minimum Gasteiger partial charge on any atom is -0.399 e. The first kappa shape index (κ1) is 22.5. The van der Waals surface area contributed by atoms with E-state index >= 15 is 0 Å². The lowest BCUT2D eigenvalue weighted by Crippen LogP contribution is -2.41. The van der Waals surface area contributed by atoms with Gasteiger partial charge in [-0.3, -0.25) is 4.79 Å². The summed E-state index contributed by atoms with van der Waals surface area (Å²) in [6.07, 6.45) is 1.63. The topological polar surface area (TPSA) is 98.5 Å². The molecule has 0 saturated carbocycles. The van der Waals surface area contributed by atoms with Gasteiger partial charge >= 0.3 is 7.12 Å². The molecule has 9 heteroatoms. The molecule has 0 spiro atoms. The Bertz CT molecular complexity index is 917. The summed E-state index contributed by atoms with van der Waals surface area (Å²) in [5, 5.41) is 20.7. The number of hydrogen-bond acceptors (Lipinski definition) is 6. The van der Waals surface area contributed by atoms with Gasteiger partial charge in [-0.25, -0.2) is 4.68 Å². The van der Waals surface area contributed by atoms with Crippen LogP contribution in [0.3, 0.4) is 0 Å². The molecular formula is C21H31BN4O4. The Balaban J connectivity index is 1.70. The van der Waals surface area contributed by atoms with Crippen molar-refractivity contribution >= 4 is 18.5 Å². The molecule has 30 heavy (non-hydrogen) atoms. The SMILES string of the molecule is CC(C)(C)n1cc(C(=O)NCc2ccc(B3OC(C)(C)C(C)(C)O3)cc2CO)nn1. The molecule has 0 radical (unpaired) electrons. The third-order valence-electron chi connectivity index (χ3n) is 5.78. The summed E-state index contributed by atoms with van der Waals surface area (Å²) in [5.74, 6) is -0.315. The van der Waals surface area contributed by atoms with Crippen molar-refractivity contribution in [1.29, 1.82) is 0 Å². The summed E-state index contributed by atoms with van der Waals surface area (Å²) < 4.78 is 13.8. The van der Waals surface area contributed by atoms with E-state index in [0.717, 1.165) is 11.0 Å². The number of benzene rings is 1. The normalized spacial score (nSPS) is 17.9. The Hall–Kier alpha value is -2.23. The van der Waals surface area contributed by atoms with Crippen LogP contribution in [0.2, 0.25) is 0 Å². The van der Waals surface area contributed by atoms with Crippen molar-refractivity contribution in [1.82, 2.24) is 20.3 Å². The lowest BCUT2D eigenvalue weighted by atomic mass is 9.77. The quantitative estimate of drug-likeness (QED) is 0.724. The first-order valence-corrected chi connectivity index (χ1v) is 10.1. The number of nitrogens with one attached hydrogen (secondary N) is 1. The van der Waals surface area contributed by atoms with Gasteiger partial charge in [0.2, 0.25) is 0 Å². The molecule has 1 aromatic carbocycles. The van der Waals surface area contributed by atoms with E-state index in [1.807, 2.05) is 66.7 Å². The second kappa shape index (κ2) is 7.79. The number of aromatic nitrogens is 3. The maximum absolute atomic E-state index is 12.4. The van der Waals surface area contributed by atoms with Crippen LogP contribution < -0.4 is 10.8 Å². The minimum atomic E-state index is -0.503. The number of rotatable bonds is 5. The standard InChI is InChI=1S/C21H31BN4O4/c1-19(2,3)26-12-17(24-25-26)18(28)23-11-14-8-9-16(10-15(14)13-27)22-29-20(4,5)21(6,7)30-22/h8-10,12,27H,11,13H2,1-7H3,(H,23,28). The van der Waals surface area contributed by atoms with Crippen LogP contribution in [0.4, 0.5) is 0 Å². The summed E-state index contributed by atoms with van der Waals surface area (Å²) in [4.78, 5) is 12.4. The molecule has 2 N–H and O–H groups in total. The summed E-state index contributed by atoms with van der Waals surface area (Å²) in [6, 6.07) is 5.64. The van der Waals surface area contributed by atoms with Crippen LogP contribution in [-0.2, 0) is 28.0 Å². The van der Waals surface area contributed by atoms with Crippen molar-refractivity contribution in [2.45, 2.75) is 78.4 Å². The highest BCUT2D eigenvalue weighted by atomic mass is 16.7. The summed E-state index contributed by atoms with van der Waals surface area (Å²) in [7, 11) is -0.503. The molecule has 1 aliphatic rings. The van der Waals surface area contributed by atoms with Crippen LogP contribution in [0, 0.1) is 0 Å². The Morgan fingerprint density at radius 3 is 2.33 bits per heavy atom. The molecule has 162 valence electrons. The van der Waals surface area contributed by atoms with Crippen LogP contribution in [0.5, 0.6) is 0 Å². The number of nitrogens with zero attached hydrogens (tertiary/aromatic N) is 3. The summed E-state index contributed by atoms with van der Waals surface area (Å²) >= 11 is 0. The number of aliphatic hydroxyl groups excluding tert-OH is 1. The van der Waals surface area contributed by atoms with E-state index < -0.39 is 18.3 Å². The maximum atomic E-state index is 12.4. The van der Waals surface area contributed by atoms with Crippen molar-refractivity contribution < 1.29 is 19.2 Å². The fourth-order valence-electron chi connectivity index (χ4n) is 3.05. The third kappa shape index (κ3) is 4.43. The number of carbonyl (C=O) groups is 1. The Morgan fingerprint density at radius 1 is 1.17 bits per heavy atom. The monoisotopic (exact) mass is 414 g/mol. The lowest BCUT2D eigenvalue weighted by Gasteiger charge is -2.32. The second-order valence-electron chi connectivity index (χ2n) is 9.68. The highest BCUT2D eigenvalue weighted by Crippen LogP contribution is 2.36. The molecule has 8 nitrogen and oxygen atoms in total. The maximum Gasteiger partial charge on any atom is 0.494 e. The molecule has 0 atom stereocenters. The van der Waals surface area contributed by atoms with E-state index in [-0.39, 0.29) is 30.3 Å². The molecule has 1 aromatic heterocycles. The van der Waals surface area contributed by atoms with Gasteiger partial charge in [0.1, 0.15) is 0 Å². The Kier molecular flexibility index (Phi) is 5.83. The molecule has 0 bridgehead atoms. The van der Waals surface area contributed by atoms with Crippen molar-refractivity contribution in [3.63, 3.8) is 0 Å².